The second kappa shape index (κ2) is 10.2. The lowest BCUT2D eigenvalue weighted by Gasteiger charge is -2.43. The lowest BCUT2D eigenvalue weighted by Crippen LogP contribution is -2.50. The lowest BCUT2D eigenvalue weighted by molar-refractivity contribution is -0.152. The molecule has 0 amide bonds. The molecule has 0 aromatic rings. The van der Waals surface area contributed by atoms with E-state index < -0.39 is 8.32 Å². The van der Waals surface area contributed by atoms with Crippen LogP contribution in [-0.2, 0) is 14.0 Å². The summed E-state index contributed by atoms with van der Waals surface area (Å²) in [7, 11) is -1.96. The molecule has 23 heavy (non-hydrogen) atoms. The maximum absolute atomic E-state index is 11.7. The van der Waals surface area contributed by atoms with Crippen molar-refractivity contribution in [1.82, 2.24) is 0 Å². The summed E-state index contributed by atoms with van der Waals surface area (Å²) in [6.07, 6.45) is 0.0854. The minimum absolute atomic E-state index is 0.0197. The summed E-state index contributed by atoms with van der Waals surface area (Å²) in [5.41, 5.74) is 1.53. The van der Waals surface area contributed by atoms with Crippen LogP contribution >= 0.6 is 0 Å². The van der Waals surface area contributed by atoms with Crippen LogP contribution in [0.3, 0.4) is 0 Å². The highest BCUT2D eigenvalue weighted by atomic mass is 28.4. The molecule has 0 fully saturated rings. The van der Waals surface area contributed by atoms with E-state index in [1.54, 1.807) is 0 Å². The molecule has 0 saturated heterocycles. The van der Waals surface area contributed by atoms with Gasteiger partial charge >= 0.3 is 5.97 Å². The smallest absolute Gasteiger partial charge is 0.305 e. The standard InChI is InChI=1S/C19H36O3Si/c1-10-12-17(9)18(22-19(20)11-2)13-21-23(14(3)4,15(5)6)16(7)8/h14-18H,11,13H2,1-9H3/t17-,18+/m0/s1. The van der Waals surface area contributed by atoms with E-state index in [0.717, 1.165) is 0 Å². The SMILES string of the molecule is CC#C[C@H](C)[C@@H](CO[Si](C(C)C)(C(C)C)C(C)C)OC(=O)CC. The molecular weight excluding hydrogens is 304 g/mol. The van der Waals surface area contributed by atoms with Gasteiger partial charge in [-0.2, -0.15) is 0 Å². The second-order valence-corrected chi connectivity index (χ2v) is 12.7. The molecule has 0 bridgehead atoms. The van der Waals surface area contributed by atoms with Crippen LogP contribution in [0.1, 0.15) is 68.7 Å². The first-order valence-electron chi connectivity index (χ1n) is 8.89. The van der Waals surface area contributed by atoms with Gasteiger partial charge in [0.25, 0.3) is 0 Å². The van der Waals surface area contributed by atoms with Gasteiger partial charge in [-0.3, -0.25) is 4.79 Å². The Bertz CT molecular complexity index is 396. The number of esters is 1. The largest absolute Gasteiger partial charge is 0.459 e. The Hall–Kier alpha value is -0.793. The lowest BCUT2D eigenvalue weighted by atomic mass is 10.1. The van der Waals surface area contributed by atoms with E-state index in [9.17, 15) is 4.79 Å². The third-order valence-corrected chi connectivity index (χ3v) is 10.8. The van der Waals surface area contributed by atoms with Crippen molar-refractivity contribution in [3.05, 3.63) is 0 Å². The van der Waals surface area contributed by atoms with Crippen molar-refractivity contribution in [3.63, 3.8) is 0 Å². The molecule has 2 atom stereocenters. The fourth-order valence-corrected chi connectivity index (χ4v) is 9.03. The molecule has 0 aliphatic carbocycles. The highest BCUT2D eigenvalue weighted by Gasteiger charge is 2.45. The number of rotatable bonds is 9. The predicted molar refractivity (Wildman–Crippen MR) is 99.8 cm³/mol. The maximum atomic E-state index is 11.7. The van der Waals surface area contributed by atoms with Gasteiger partial charge < -0.3 is 9.16 Å². The zero-order valence-electron chi connectivity index (χ0n) is 16.5. The van der Waals surface area contributed by atoms with Crippen molar-refractivity contribution in [3.8, 4) is 11.8 Å². The number of carbonyl (C=O) groups excluding carboxylic acids is 1. The van der Waals surface area contributed by atoms with Crippen LogP contribution in [-0.4, -0.2) is 27.0 Å². The third-order valence-electron chi connectivity index (χ3n) is 4.71. The van der Waals surface area contributed by atoms with Gasteiger partial charge in [0.15, 0.2) is 0 Å². The normalized spacial score (nSPS) is 14.6. The predicted octanol–water partition coefficient (Wildman–Crippen LogP) is 5.16. The molecule has 0 heterocycles. The first-order valence-corrected chi connectivity index (χ1v) is 11.0. The highest BCUT2D eigenvalue weighted by molar-refractivity contribution is 6.77. The summed E-state index contributed by atoms with van der Waals surface area (Å²) < 4.78 is 12.2. The number of ether oxygens (including phenoxy) is 1. The average Bonchev–Trinajstić information content (AvgIpc) is 2.45. The molecule has 0 aliphatic heterocycles. The Morgan fingerprint density at radius 2 is 1.48 bits per heavy atom. The van der Waals surface area contributed by atoms with Gasteiger partial charge in [0, 0.05) is 6.42 Å². The summed E-state index contributed by atoms with van der Waals surface area (Å²) in [6.45, 7) is 19.6. The van der Waals surface area contributed by atoms with Gasteiger partial charge in [0.05, 0.1) is 12.5 Å². The van der Waals surface area contributed by atoms with Crippen molar-refractivity contribution in [2.45, 2.75) is 91.5 Å². The van der Waals surface area contributed by atoms with Crippen molar-refractivity contribution in [2.24, 2.45) is 5.92 Å². The highest BCUT2D eigenvalue weighted by Crippen LogP contribution is 2.42. The van der Waals surface area contributed by atoms with E-state index in [2.05, 4.69) is 53.4 Å². The molecule has 0 saturated carbocycles. The first kappa shape index (κ1) is 22.2. The summed E-state index contributed by atoms with van der Waals surface area (Å²) in [5.74, 6) is 5.82. The van der Waals surface area contributed by atoms with E-state index >= 15 is 0 Å². The molecule has 0 aromatic carbocycles. The van der Waals surface area contributed by atoms with Crippen molar-refractivity contribution in [1.29, 1.82) is 0 Å². The van der Waals surface area contributed by atoms with Crippen LogP contribution < -0.4 is 0 Å². The molecule has 0 N–H and O–H groups in total. The number of hydrogen-bond donors (Lipinski definition) is 0. The third kappa shape index (κ3) is 5.97. The summed E-state index contributed by atoms with van der Waals surface area (Å²) in [4.78, 5) is 11.7. The zero-order valence-corrected chi connectivity index (χ0v) is 17.5. The molecule has 0 aromatic heterocycles. The van der Waals surface area contributed by atoms with Crippen molar-refractivity contribution < 1.29 is 14.0 Å². The maximum Gasteiger partial charge on any atom is 0.305 e. The van der Waals surface area contributed by atoms with Gasteiger partial charge in [0.2, 0.25) is 8.32 Å². The molecule has 0 aliphatic rings. The van der Waals surface area contributed by atoms with E-state index in [-0.39, 0.29) is 18.0 Å². The Kier molecular flexibility index (Phi) is 9.80. The first-order chi connectivity index (χ1) is 10.6. The van der Waals surface area contributed by atoms with Gasteiger partial charge in [-0.05, 0) is 30.5 Å². The van der Waals surface area contributed by atoms with Crippen LogP contribution in [0.4, 0.5) is 0 Å². The van der Waals surface area contributed by atoms with Gasteiger partial charge in [0.1, 0.15) is 6.10 Å². The van der Waals surface area contributed by atoms with E-state index in [1.807, 2.05) is 20.8 Å². The summed E-state index contributed by atoms with van der Waals surface area (Å²) >= 11 is 0. The Morgan fingerprint density at radius 1 is 1.00 bits per heavy atom. The fourth-order valence-electron chi connectivity index (χ4n) is 3.58. The minimum Gasteiger partial charge on any atom is -0.459 e. The van der Waals surface area contributed by atoms with Gasteiger partial charge in [-0.25, -0.2) is 0 Å². The molecule has 3 nitrogen and oxygen atoms in total. The van der Waals surface area contributed by atoms with Crippen molar-refractivity contribution in [2.75, 3.05) is 6.61 Å². The minimum atomic E-state index is -1.96. The van der Waals surface area contributed by atoms with Crippen LogP contribution in [0.5, 0.6) is 0 Å². The van der Waals surface area contributed by atoms with Crippen LogP contribution in [0, 0.1) is 17.8 Å². The van der Waals surface area contributed by atoms with Gasteiger partial charge in [-0.1, -0.05) is 54.4 Å². The van der Waals surface area contributed by atoms with Crippen LogP contribution in [0.25, 0.3) is 0 Å². The summed E-state index contributed by atoms with van der Waals surface area (Å²) in [6, 6.07) is 0. The van der Waals surface area contributed by atoms with E-state index in [1.165, 1.54) is 0 Å². The fraction of sp³-hybridized carbons (Fsp3) is 0.842. The Morgan fingerprint density at radius 3 is 1.83 bits per heavy atom. The molecule has 0 rings (SSSR count). The Balaban J connectivity index is 5.30. The molecule has 0 unspecified atom stereocenters. The molecule has 4 heteroatoms. The zero-order chi connectivity index (χ0) is 18.2. The number of hydrogen-bond acceptors (Lipinski definition) is 3. The van der Waals surface area contributed by atoms with E-state index in [0.29, 0.717) is 29.7 Å². The summed E-state index contributed by atoms with van der Waals surface area (Å²) in [5, 5.41) is 0. The molecular formula is C19H36O3Si. The molecule has 134 valence electrons. The number of carbonyl (C=O) groups is 1. The molecule has 0 spiro atoms. The van der Waals surface area contributed by atoms with E-state index in [4.69, 9.17) is 9.16 Å². The monoisotopic (exact) mass is 340 g/mol. The average molecular weight is 341 g/mol. The van der Waals surface area contributed by atoms with Gasteiger partial charge in [-0.15, -0.1) is 5.92 Å². The van der Waals surface area contributed by atoms with Crippen LogP contribution in [0.15, 0.2) is 0 Å². The topological polar surface area (TPSA) is 35.5 Å². The molecule has 0 radical (unpaired) electrons. The quantitative estimate of drug-likeness (QED) is 0.330. The second-order valence-electron chi connectivity index (χ2n) is 7.19. The van der Waals surface area contributed by atoms with Crippen LogP contribution in [0.2, 0.25) is 16.6 Å². The Labute approximate surface area is 144 Å². The van der Waals surface area contributed by atoms with Crippen molar-refractivity contribution >= 4 is 14.3 Å².